The van der Waals surface area contributed by atoms with E-state index in [1.165, 1.54) is 7.11 Å². The number of para-hydroxylation sites is 1. The molecule has 0 aliphatic rings. The standard InChI is InChI=1S/C15H16N2O3/c1-10-4-3-5-11-6-7-12(17-15(10)11)8-13(18)16-9-14(19)20-2/h3-7H,8-9H2,1-2H3,(H,16,18). The summed E-state index contributed by atoms with van der Waals surface area (Å²) in [5.41, 5.74) is 2.64. The monoisotopic (exact) mass is 272 g/mol. The number of aryl methyl sites for hydroxylation is 1. The van der Waals surface area contributed by atoms with Gasteiger partial charge in [-0.2, -0.15) is 0 Å². The van der Waals surface area contributed by atoms with Crippen molar-refractivity contribution in [3.63, 3.8) is 0 Å². The van der Waals surface area contributed by atoms with E-state index in [0.29, 0.717) is 5.69 Å². The number of fused-ring (bicyclic) bond motifs is 1. The minimum Gasteiger partial charge on any atom is -0.468 e. The summed E-state index contributed by atoms with van der Waals surface area (Å²) in [4.78, 5) is 27.1. The van der Waals surface area contributed by atoms with Gasteiger partial charge in [0.05, 0.1) is 24.7 Å². The van der Waals surface area contributed by atoms with Crippen LogP contribution in [0.15, 0.2) is 30.3 Å². The molecule has 0 aliphatic heterocycles. The molecule has 0 saturated heterocycles. The molecule has 2 rings (SSSR count). The highest BCUT2D eigenvalue weighted by Gasteiger charge is 2.08. The Labute approximate surface area is 117 Å². The van der Waals surface area contributed by atoms with Gasteiger partial charge in [0, 0.05) is 5.39 Å². The van der Waals surface area contributed by atoms with Crippen molar-refractivity contribution in [2.45, 2.75) is 13.3 Å². The van der Waals surface area contributed by atoms with Crippen molar-refractivity contribution in [2.24, 2.45) is 0 Å². The summed E-state index contributed by atoms with van der Waals surface area (Å²) in [6.07, 6.45) is 0.140. The number of hydrogen-bond acceptors (Lipinski definition) is 4. The lowest BCUT2D eigenvalue weighted by Crippen LogP contribution is -2.31. The van der Waals surface area contributed by atoms with Crippen molar-refractivity contribution in [3.05, 3.63) is 41.6 Å². The minimum absolute atomic E-state index is 0.123. The van der Waals surface area contributed by atoms with Gasteiger partial charge >= 0.3 is 5.97 Å². The van der Waals surface area contributed by atoms with Crippen LogP contribution in [0.25, 0.3) is 10.9 Å². The van der Waals surface area contributed by atoms with Gasteiger partial charge in [0.2, 0.25) is 5.91 Å². The number of methoxy groups -OCH3 is 1. The van der Waals surface area contributed by atoms with Crippen molar-refractivity contribution in [1.29, 1.82) is 0 Å². The minimum atomic E-state index is -0.472. The topological polar surface area (TPSA) is 68.3 Å². The number of esters is 1. The van der Waals surface area contributed by atoms with E-state index < -0.39 is 5.97 Å². The Bertz CT molecular complexity index is 653. The van der Waals surface area contributed by atoms with Crippen molar-refractivity contribution < 1.29 is 14.3 Å². The number of hydrogen-bond donors (Lipinski definition) is 1. The summed E-state index contributed by atoms with van der Waals surface area (Å²) < 4.78 is 4.45. The number of carbonyl (C=O) groups excluding carboxylic acids is 2. The quantitative estimate of drug-likeness (QED) is 0.854. The molecule has 0 aliphatic carbocycles. The average Bonchev–Trinajstić information content (AvgIpc) is 2.45. The maximum atomic E-state index is 11.7. The van der Waals surface area contributed by atoms with Crippen molar-refractivity contribution >= 4 is 22.8 Å². The van der Waals surface area contributed by atoms with Gasteiger partial charge in [-0.1, -0.05) is 24.3 Å². The molecule has 20 heavy (non-hydrogen) atoms. The number of nitrogens with one attached hydrogen (secondary N) is 1. The second-order valence-corrected chi connectivity index (χ2v) is 4.48. The molecule has 0 unspecified atom stereocenters. The number of benzene rings is 1. The number of nitrogens with zero attached hydrogens (tertiary/aromatic N) is 1. The lowest BCUT2D eigenvalue weighted by atomic mass is 10.1. The van der Waals surface area contributed by atoms with E-state index in [4.69, 9.17) is 0 Å². The average molecular weight is 272 g/mol. The number of amides is 1. The summed E-state index contributed by atoms with van der Waals surface area (Å²) in [7, 11) is 1.28. The first-order chi connectivity index (χ1) is 9.60. The molecule has 104 valence electrons. The van der Waals surface area contributed by atoms with Gasteiger partial charge in [-0.25, -0.2) is 0 Å². The summed E-state index contributed by atoms with van der Waals surface area (Å²) in [6.45, 7) is 1.86. The summed E-state index contributed by atoms with van der Waals surface area (Å²) in [5.74, 6) is -0.725. The molecule has 0 atom stereocenters. The first-order valence-corrected chi connectivity index (χ1v) is 6.29. The predicted molar refractivity (Wildman–Crippen MR) is 75.2 cm³/mol. The SMILES string of the molecule is COC(=O)CNC(=O)Cc1ccc2cccc(C)c2n1. The smallest absolute Gasteiger partial charge is 0.325 e. The molecule has 1 amide bonds. The molecule has 1 aromatic carbocycles. The van der Waals surface area contributed by atoms with Crippen LogP contribution >= 0.6 is 0 Å². The summed E-state index contributed by atoms with van der Waals surface area (Å²) in [6, 6.07) is 9.70. The number of pyridine rings is 1. The van der Waals surface area contributed by atoms with Crippen molar-refractivity contribution in [3.8, 4) is 0 Å². The Balaban J connectivity index is 2.08. The van der Waals surface area contributed by atoms with Gasteiger partial charge in [0.25, 0.3) is 0 Å². The van der Waals surface area contributed by atoms with E-state index >= 15 is 0 Å². The van der Waals surface area contributed by atoms with E-state index in [1.54, 1.807) is 0 Å². The number of aromatic nitrogens is 1. The molecule has 5 heteroatoms. The zero-order valence-electron chi connectivity index (χ0n) is 11.5. The van der Waals surface area contributed by atoms with Gasteiger partial charge in [0.15, 0.2) is 0 Å². The fraction of sp³-hybridized carbons (Fsp3) is 0.267. The number of rotatable bonds is 4. The molecule has 5 nitrogen and oxygen atoms in total. The Kier molecular flexibility index (Phi) is 4.30. The molecule has 1 N–H and O–H groups in total. The molecule has 2 aromatic rings. The fourth-order valence-corrected chi connectivity index (χ4v) is 1.90. The largest absolute Gasteiger partial charge is 0.468 e. The molecular weight excluding hydrogens is 256 g/mol. The highest BCUT2D eigenvalue weighted by Crippen LogP contribution is 2.16. The fourth-order valence-electron chi connectivity index (χ4n) is 1.90. The number of carbonyl (C=O) groups is 2. The molecular formula is C15H16N2O3. The molecule has 1 aromatic heterocycles. The lowest BCUT2D eigenvalue weighted by Gasteiger charge is -2.06. The Morgan fingerprint density at radius 2 is 2.05 bits per heavy atom. The van der Waals surface area contributed by atoms with Crippen molar-refractivity contribution in [1.82, 2.24) is 10.3 Å². The van der Waals surface area contributed by atoms with Crippen LogP contribution in [0.5, 0.6) is 0 Å². The van der Waals surface area contributed by atoms with Gasteiger partial charge < -0.3 is 10.1 Å². The highest BCUT2D eigenvalue weighted by atomic mass is 16.5. The molecule has 0 fully saturated rings. The first kappa shape index (κ1) is 14.0. The van der Waals surface area contributed by atoms with Crippen LogP contribution in [0, 0.1) is 6.92 Å². The summed E-state index contributed by atoms with van der Waals surface area (Å²) >= 11 is 0. The molecule has 0 saturated carbocycles. The Morgan fingerprint density at radius 1 is 1.25 bits per heavy atom. The lowest BCUT2D eigenvalue weighted by molar-refractivity contribution is -0.141. The second-order valence-electron chi connectivity index (χ2n) is 4.48. The van der Waals surface area contributed by atoms with Crippen LogP contribution in [-0.4, -0.2) is 30.5 Å². The van der Waals surface area contributed by atoms with Crippen LogP contribution in [0.1, 0.15) is 11.3 Å². The van der Waals surface area contributed by atoms with Crippen LogP contribution in [0.4, 0.5) is 0 Å². The van der Waals surface area contributed by atoms with Crippen molar-refractivity contribution in [2.75, 3.05) is 13.7 Å². The van der Waals surface area contributed by atoms with E-state index in [9.17, 15) is 9.59 Å². The second kappa shape index (κ2) is 6.14. The maximum Gasteiger partial charge on any atom is 0.325 e. The summed E-state index contributed by atoms with van der Waals surface area (Å²) in [5, 5.41) is 3.54. The van der Waals surface area contributed by atoms with Crippen LogP contribution in [0.3, 0.4) is 0 Å². The third kappa shape index (κ3) is 3.32. The van der Waals surface area contributed by atoms with E-state index in [2.05, 4.69) is 15.0 Å². The van der Waals surface area contributed by atoms with E-state index in [0.717, 1.165) is 16.5 Å². The Morgan fingerprint density at radius 3 is 2.80 bits per heavy atom. The Hall–Kier alpha value is -2.43. The van der Waals surface area contributed by atoms with Gasteiger partial charge in [-0.3, -0.25) is 14.6 Å². The maximum absolute atomic E-state index is 11.7. The van der Waals surface area contributed by atoms with Gasteiger partial charge in [-0.05, 0) is 18.6 Å². The van der Waals surface area contributed by atoms with Gasteiger partial charge in [0.1, 0.15) is 6.54 Å². The van der Waals surface area contributed by atoms with Crippen LogP contribution < -0.4 is 5.32 Å². The zero-order valence-corrected chi connectivity index (χ0v) is 11.5. The third-order valence-corrected chi connectivity index (χ3v) is 2.98. The van der Waals surface area contributed by atoms with Crippen LogP contribution in [-0.2, 0) is 20.7 Å². The predicted octanol–water partition coefficient (Wildman–Crippen LogP) is 1.37. The first-order valence-electron chi connectivity index (χ1n) is 6.29. The third-order valence-electron chi connectivity index (χ3n) is 2.98. The molecule has 0 radical (unpaired) electrons. The normalized spacial score (nSPS) is 10.3. The number of ether oxygens (including phenoxy) is 1. The molecule has 0 spiro atoms. The van der Waals surface area contributed by atoms with E-state index in [1.807, 2.05) is 37.3 Å². The highest BCUT2D eigenvalue weighted by molar-refractivity contribution is 5.85. The molecule has 0 bridgehead atoms. The van der Waals surface area contributed by atoms with E-state index in [-0.39, 0.29) is 18.9 Å². The molecule has 1 heterocycles. The van der Waals surface area contributed by atoms with Crippen LogP contribution in [0.2, 0.25) is 0 Å². The zero-order chi connectivity index (χ0) is 14.5. The van der Waals surface area contributed by atoms with Gasteiger partial charge in [-0.15, -0.1) is 0 Å².